The molecule has 0 aromatic heterocycles. The SMILES string of the molecule is CC(C)N1C(=O)C(c2ccccc2)N(C(C)CC(=O)O)C(=O)c2cc(CCCCCN)ccc21. The first kappa shape index (κ1) is 25.4. The number of nitrogens with zero attached hydrogens (tertiary/aromatic N) is 2. The summed E-state index contributed by atoms with van der Waals surface area (Å²) >= 11 is 0. The Morgan fingerprint density at radius 2 is 1.74 bits per heavy atom. The Morgan fingerprint density at radius 1 is 1.03 bits per heavy atom. The van der Waals surface area contributed by atoms with Gasteiger partial charge in [-0.15, -0.1) is 0 Å². The van der Waals surface area contributed by atoms with Gasteiger partial charge in [0.1, 0.15) is 6.04 Å². The van der Waals surface area contributed by atoms with Crippen molar-refractivity contribution in [3.05, 3.63) is 65.2 Å². The van der Waals surface area contributed by atoms with Crippen LogP contribution in [0.4, 0.5) is 5.69 Å². The summed E-state index contributed by atoms with van der Waals surface area (Å²) in [6.45, 7) is 6.19. The maximum atomic E-state index is 14.0. The van der Waals surface area contributed by atoms with E-state index in [2.05, 4.69) is 0 Å². The molecule has 1 aliphatic heterocycles. The van der Waals surface area contributed by atoms with E-state index >= 15 is 0 Å². The second-order valence-electron chi connectivity index (χ2n) is 9.23. The Morgan fingerprint density at radius 3 is 2.35 bits per heavy atom. The number of aryl methyl sites for hydroxylation is 1. The van der Waals surface area contributed by atoms with Gasteiger partial charge >= 0.3 is 5.97 Å². The normalized spacial score (nSPS) is 17.0. The number of unbranched alkanes of at least 4 members (excludes halogenated alkanes) is 2. The van der Waals surface area contributed by atoms with Gasteiger partial charge < -0.3 is 20.6 Å². The number of aliphatic carboxylic acids is 1. The number of anilines is 1. The van der Waals surface area contributed by atoms with Crippen LogP contribution in [0.15, 0.2) is 48.5 Å². The van der Waals surface area contributed by atoms with Gasteiger partial charge in [-0.3, -0.25) is 14.4 Å². The minimum atomic E-state index is -1.02. The summed E-state index contributed by atoms with van der Waals surface area (Å²) in [4.78, 5) is 42.7. The molecule has 0 spiro atoms. The Balaban J connectivity index is 2.14. The lowest BCUT2D eigenvalue weighted by Gasteiger charge is -2.36. The van der Waals surface area contributed by atoms with Crippen molar-refractivity contribution in [3.63, 3.8) is 0 Å². The van der Waals surface area contributed by atoms with Gasteiger partial charge in [-0.1, -0.05) is 42.8 Å². The average molecular weight is 466 g/mol. The molecule has 0 fully saturated rings. The molecule has 1 aliphatic rings. The monoisotopic (exact) mass is 465 g/mol. The summed E-state index contributed by atoms with van der Waals surface area (Å²) < 4.78 is 0. The van der Waals surface area contributed by atoms with Crippen LogP contribution < -0.4 is 10.6 Å². The van der Waals surface area contributed by atoms with E-state index < -0.39 is 18.1 Å². The molecule has 1 heterocycles. The second-order valence-corrected chi connectivity index (χ2v) is 9.23. The highest BCUT2D eigenvalue weighted by molar-refractivity contribution is 6.11. The Hall–Kier alpha value is -3.19. The van der Waals surface area contributed by atoms with Crippen molar-refractivity contribution in [2.24, 2.45) is 5.73 Å². The fraction of sp³-hybridized carbons (Fsp3) is 0.444. The molecular formula is C27H35N3O4. The second kappa shape index (κ2) is 11.3. The molecule has 182 valence electrons. The van der Waals surface area contributed by atoms with Crippen molar-refractivity contribution in [1.29, 1.82) is 0 Å². The smallest absolute Gasteiger partial charge is 0.305 e. The van der Waals surface area contributed by atoms with E-state index in [0.717, 1.165) is 31.2 Å². The van der Waals surface area contributed by atoms with Gasteiger partial charge in [0.15, 0.2) is 0 Å². The number of carbonyl (C=O) groups is 3. The molecule has 2 aromatic carbocycles. The predicted molar refractivity (Wildman–Crippen MR) is 133 cm³/mol. The summed E-state index contributed by atoms with van der Waals surface area (Å²) in [7, 11) is 0. The zero-order chi connectivity index (χ0) is 24.8. The molecule has 2 unspecified atom stereocenters. The molecule has 2 aromatic rings. The van der Waals surface area contributed by atoms with Crippen molar-refractivity contribution in [3.8, 4) is 0 Å². The Kier molecular flexibility index (Phi) is 8.45. The number of hydrogen-bond acceptors (Lipinski definition) is 4. The molecule has 0 radical (unpaired) electrons. The van der Waals surface area contributed by atoms with Crippen LogP contribution in [0.3, 0.4) is 0 Å². The summed E-state index contributed by atoms with van der Waals surface area (Å²) in [6, 6.07) is 13.1. The molecule has 34 heavy (non-hydrogen) atoms. The van der Waals surface area contributed by atoms with Gasteiger partial charge in [-0.05, 0) is 69.8 Å². The van der Waals surface area contributed by atoms with Crippen LogP contribution in [0.25, 0.3) is 0 Å². The lowest BCUT2D eigenvalue weighted by atomic mass is 10.00. The fourth-order valence-corrected chi connectivity index (χ4v) is 4.67. The van der Waals surface area contributed by atoms with Gasteiger partial charge in [0.25, 0.3) is 11.8 Å². The van der Waals surface area contributed by atoms with E-state index in [-0.39, 0.29) is 24.3 Å². The minimum Gasteiger partial charge on any atom is -0.481 e. The Bertz CT molecular complexity index is 1020. The standard InChI is InChI=1S/C27H35N3O4/c1-18(2)29-23-14-13-20(10-6-5-9-15-28)17-22(23)26(33)30(19(3)16-24(31)32)25(27(29)34)21-11-7-4-8-12-21/h4,7-8,11-14,17-19,25H,5-6,9-10,15-16,28H2,1-3H3,(H,31,32). The number of hydrogen-bond donors (Lipinski definition) is 2. The molecule has 7 nitrogen and oxygen atoms in total. The molecule has 0 aliphatic carbocycles. The molecular weight excluding hydrogens is 430 g/mol. The van der Waals surface area contributed by atoms with E-state index in [9.17, 15) is 19.5 Å². The van der Waals surface area contributed by atoms with Crippen LogP contribution in [0.5, 0.6) is 0 Å². The summed E-state index contributed by atoms with van der Waals surface area (Å²) in [5.41, 5.74) is 8.29. The molecule has 0 saturated carbocycles. The first-order chi connectivity index (χ1) is 16.3. The lowest BCUT2D eigenvalue weighted by molar-refractivity contribution is -0.139. The fourth-order valence-electron chi connectivity index (χ4n) is 4.67. The molecule has 2 atom stereocenters. The van der Waals surface area contributed by atoms with Crippen molar-refractivity contribution < 1.29 is 19.5 Å². The van der Waals surface area contributed by atoms with Crippen LogP contribution in [0.1, 0.15) is 74.0 Å². The van der Waals surface area contributed by atoms with Crippen molar-refractivity contribution in [2.75, 3.05) is 11.4 Å². The van der Waals surface area contributed by atoms with Crippen molar-refractivity contribution in [2.45, 2.75) is 71.0 Å². The van der Waals surface area contributed by atoms with Gasteiger partial charge in [0.05, 0.1) is 17.7 Å². The molecule has 3 rings (SSSR count). The third-order valence-corrected chi connectivity index (χ3v) is 6.28. The van der Waals surface area contributed by atoms with E-state index in [1.54, 1.807) is 11.8 Å². The van der Waals surface area contributed by atoms with E-state index in [1.165, 1.54) is 4.90 Å². The molecule has 0 bridgehead atoms. The largest absolute Gasteiger partial charge is 0.481 e. The van der Waals surface area contributed by atoms with Crippen molar-refractivity contribution in [1.82, 2.24) is 4.90 Å². The number of nitrogens with two attached hydrogens (primary N) is 1. The first-order valence-corrected chi connectivity index (χ1v) is 12.0. The third kappa shape index (κ3) is 5.47. The quantitative estimate of drug-likeness (QED) is 0.513. The minimum absolute atomic E-state index is 0.185. The number of carbonyl (C=O) groups excluding carboxylic acids is 2. The highest BCUT2D eigenvalue weighted by Crippen LogP contribution is 2.38. The van der Waals surface area contributed by atoms with Gasteiger partial charge in [0.2, 0.25) is 0 Å². The maximum absolute atomic E-state index is 14.0. The topological polar surface area (TPSA) is 104 Å². The van der Waals surface area contributed by atoms with Crippen molar-refractivity contribution >= 4 is 23.5 Å². The van der Waals surface area contributed by atoms with Crippen LogP contribution in [-0.4, -0.2) is 46.4 Å². The predicted octanol–water partition coefficient (Wildman–Crippen LogP) is 4.16. The maximum Gasteiger partial charge on any atom is 0.305 e. The van der Waals surface area contributed by atoms with Gasteiger partial charge in [-0.25, -0.2) is 0 Å². The molecule has 7 heteroatoms. The number of carboxylic acid groups (broad SMARTS) is 1. The number of amides is 2. The number of rotatable bonds is 10. The van der Waals surface area contributed by atoms with Crippen LogP contribution in [-0.2, 0) is 16.0 Å². The zero-order valence-electron chi connectivity index (χ0n) is 20.2. The number of carboxylic acids is 1. The van der Waals surface area contributed by atoms with E-state index in [0.29, 0.717) is 23.4 Å². The van der Waals surface area contributed by atoms with Gasteiger partial charge in [-0.2, -0.15) is 0 Å². The van der Waals surface area contributed by atoms with E-state index in [4.69, 9.17) is 5.73 Å². The summed E-state index contributed by atoms with van der Waals surface area (Å²) in [5.74, 6) is -1.57. The van der Waals surface area contributed by atoms with Crippen LogP contribution >= 0.6 is 0 Å². The number of fused-ring (bicyclic) bond motifs is 1. The number of benzene rings is 2. The molecule has 0 saturated heterocycles. The Labute approximate surface area is 201 Å². The van der Waals surface area contributed by atoms with Crippen LogP contribution in [0, 0.1) is 0 Å². The van der Waals surface area contributed by atoms with Gasteiger partial charge in [0, 0.05) is 12.1 Å². The lowest BCUT2D eigenvalue weighted by Crippen LogP contribution is -2.48. The van der Waals surface area contributed by atoms with Crippen LogP contribution in [0.2, 0.25) is 0 Å². The first-order valence-electron chi connectivity index (χ1n) is 12.0. The van der Waals surface area contributed by atoms with E-state index in [1.807, 2.05) is 62.4 Å². The highest BCUT2D eigenvalue weighted by Gasteiger charge is 2.43. The summed E-state index contributed by atoms with van der Waals surface area (Å²) in [6.07, 6.45) is 3.48. The average Bonchev–Trinajstić information content (AvgIpc) is 2.89. The highest BCUT2D eigenvalue weighted by atomic mass is 16.4. The zero-order valence-corrected chi connectivity index (χ0v) is 20.2. The molecule has 2 amide bonds. The third-order valence-electron chi connectivity index (χ3n) is 6.28. The summed E-state index contributed by atoms with van der Waals surface area (Å²) in [5, 5.41) is 9.47. The molecule has 3 N–H and O–H groups in total.